The number of aryl methyl sites for hydroxylation is 1. The molecule has 0 fully saturated rings. The van der Waals surface area contributed by atoms with E-state index < -0.39 is 10.0 Å². The van der Waals surface area contributed by atoms with Gasteiger partial charge in [-0.2, -0.15) is 0 Å². The maximum absolute atomic E-state index is 12.1. The Hall–Kier alpha value is -2.34. The summed E-state index contributed by atoms with van der Waals surface area (Å²) in [5.41, 5.74) is 3.23. The van der Waals surface area contributed by atoms with Gasteiger partial charge in [0.1, 0.15) is 0 Å². The average molecular weight is 417 g/mol. The number of benzene rings is 2. The van der Waals surface area contributed by atoms with E-state index in [1.54, 1.807) is 24.3 Å². The standard InChI is InChI=1S/C23H32N2O3S/c1-19(2)21-15-13-20(14-16-21)9-7-17-24-23(26)12-8-18-25(29(3,27)28)22-10-5-4-6-11-22/h4-6,10-11,13-16,19H,7-9,12,17-18H2,1-3H3,(H,24,26). The van der Waals surface area contributed by atoms with Gasteiger partial charge in [-0.3, -0.25) is 9.10 Å². The Balaban J connectivity index is 1.70. The first-order chi connectivity index (χ1) is 13.8. The Morgan fingerprint density at radius 1 is 1.00 bits per heavy atom. The fraction of sp³-hybridized carbons (Fsp3) is 0.435. The van der Waals surface area contributed by atoms with E-state index in [-0.39, 0.29) is 5.91 Å². The summed E-state index contributed by atoms with van der Waals surface area (Å²) in [5.74, 6) is 0.491. The lowest BCUT2D eigenvalue weighted by Gasteiger charge is -2.22. The van der Waals surface area contributed by atoms with Crippen LogP contribution < -0.4 is 9.62 Å². The summed E-state index contributed by atoms with van der Waals surface area (Å²) in [6.45, 7) is 5.27. The first-order valence-electron chi connectivity index (χ1n) is 10.2. The number of para-hydroxylation sites is 1. The second kappa shape index (κ2) is 11.0. The Morgan fingerprint density at radius 2 is 1.66 bits per heavy atom. The maximum Gasteiger partial charge on any atom is 0.232 e. The number of carbonyl (C=O) groups is 1. The molecule has 0 aromatic heterocycles. The SMILES string of the molecule is CC(C)c1ccc(CCCNC(=O)CCCN(c2ccccc2)S(C)(=O)=O)cc1. The highest BCUT2D eigenvalue weighted by Gasteiger charge is 2.17. The molecule has 0 bridgehead atoms. The monoisotopic (exact) mass is 416 g/mol. The van der Waals surface area contributed by atoms with E-state index in [2.05, 4.69) is 43.4 Å². The molecule has 0 saturated heterocycles. The normalized spacial score (nSPS) is 11.4. The molecular formula is C23H32N2O3S. The van der Waals surface area contributed by atoms with Crippen LogP contribution in [0.5, 0.6) is 0 Å². The van der Waals surface area contributed by atoms with Gasteiger partial charge in [0.2, 0.25) is 15.9 Å². The molecule has 0 aliphatic carbocycles. The van der Waals surface area contributed by atoms with Crippen molar-refractivity contribution in [3.05, 3.63) is 65.7 Å². The number of nitrogens with zero attached hydrogens (tertiary/aromatic N) is 1. The highest BCUT2D eigenvalue weighted by Crippen LogP contribution is 2.17. The van der Waals surface area contributed by atoms with Crippen molar-refractivity contribution in [1.29, 1.82) is 0 Å². The molecule has 0 unspecified atom stereocenters. The minimum Gasteiger partial charge on any atom is -0.356 e. The summed E-state index contributed by atoms with van der Waals surface area (Å²) in [6, 6.07) is 17.6. The molecule has 29 heavy (non-hydrogen) atoms. The molecule has 0 atom stereocenters. The quantitative estimate of drug-likeness (QED) is 0.561. The van der Waals surface area contributed by atoms with E-state index in [9.17, 15) is 13.2 Å². The molecule has 2 aromatic carbocycles. The van der Waals surface area contributed by atoms with Crippen LogP contribution in [-0.2, 0) is 21.2 Å². The molecule has 0 aliphatic heterocycles. The Kier molecular flexibility index (Phi) is 8.70. The number of hydrogen-bond acceptors (Lipinski definition) is 3. The number of anilines is 1. The molecule has 158 valence electrons. The summed E-state index contributed by atoms with van der Waals surface area (Å²) < 4.78 is 25.4. The number of amides is 1. The number of rotatable bonds is 11. The second-order valence-electron chi connectivity index (χ2n) is 7.62. The minimum atomic E-state index is -3.37. The van der Waals surface area contributed by atoms with Crippen LogP contribution in [-0.4, -0.2) is 33.7 Å². The zero-order valence-electron chi connectivity index (χ0n) is 17.6. The van der Waals surface area contributed by atoms with Crippen LogP contribution in [0.2, 0.25) is 0 Å². The predicted octanol–water partition coefficient (Wildman–Crippen LogP) is 4.11. The summed E-state index contributed by atoms with van der Waals surface area (Å²) in [7, 11) is -3.37. The second-order valence-corrected chi connectivity index (χ2v) is 9.53. The van der Waals surface area contributed by atoms with E-state index in [1.807, 2.05) is 6.07 Å². The van der Waals surface area contributed by atoms with Crippen molar-refractivity contribution < 1.29 is 13.2 Å². The third kappa shape index (κ3) is 7.89. The third-order valence-electron chi connectivity index (χ3n) is 4.82. The van der Waals surface area contributed by atoms with E-state index in [4.69, 9.17) is 0 Å². The average Bonchev–Trinajstić information content (AvgIpc) is 2.68. The summed E-state index contributed by atoms with van der Waals surface area (Å²) in [5, 5.41) is 2.93. The van der Waals surface area contributed by atoms with Crippen molar-refractivity contribution in [2.45, 2.75) is 45.4 Å². The number of carbonyl (C=O) groups excluding carboxylic acids is 1. The fourth-order valence-electron chi connectivity index (χ4n) is 3.14. The summed E-state index contributed by atoms with van der Waals surface area (Å²) >= 11 is 0. The Morgan fingerprint density at radius 3 is 2.24 bits per heavy atom. The van der Waals surface area contributed by atoms with Crippen LogP contribution in [0.3, 0.4) is 0 Å². The molecule has 0 radical (unpaired) electrons. The first kappa shape index (κ1) is 22.9. The molecule has 2 aromatic rings. The molecule has 1 amide bonds. The predicted molar refractivity (Wildman–Crippen MR) is 120 cm³/mol. The molecule has 6 heteroatoms. The van der Waals surface area contributed by atoms with Crippen molar-refractivity contribution in [2.24, 2.45) is 0 Å². The van der Waals surface area contributed by atoms with Gasteiger partial charge in [-0.25, -0.2) is 8.42 Å². The molecule has 2 rings (SSSR count). The third-order valence-corrected chi connectivity index (χ3v) is 6.01. The molecular weight excluding hydrogens is 384 g/mol. The summed E-state index contributed by atoms with van der Waals surface area (Å²) in [6.07, 6.45) is 3.78. The minimum absolute atomic E-state index is 0.0401. The van der Waals surface area contributed by atoms with Crippen LogP contribution in [0, 0.1) is 0 Å². The van der Waals surface area contributed by atoms with Crippen molar-refractivity contribution in [3.8, 4) is 0 Å². The highest BCUT2D eigenvalue weighted by atomic mass is 32.2. The zero-order valence-corrected chi connectivity index (χ0v) is 18.4. The van der Waals surface area contributed by atoms with E-state index in [0.717, 1.165) is 12.8 Å². The molecule has 0 aliphatic rings. The van der Waals surface area contributed by atoms with Gasteiger partial charge in [0.15, 0.2) is 0 Å². The van der Waals surface area contributed by atoms with E-state index in [0.29, 0.717) is 37.5 Å². The fourth-order valence-corrected chi connectivity index (χ4v) is 4.11. The summed E-state index contributed by atoms with van der Waals surface area (Å²) in [4.78, 5) is 12.1. The zero-order chi connectivity index (χ0) is 21.3. The largest absolute Gasteiger partial charge is 0.356 e. The lowest BCUT2D eigenvalue weighted by Crippen LogP contribution is -2.32. The highest BCUT2D eigenvalue weighted by molar-refractivity contribution is 7.92. The first-order valence-corrected chi connectivity index (χ1v) is 12.0. The van der Waals surface area contributed by atoms with E-state index in [1.165, 1.54) is 21.7 Å². The lowest BCUT2D eigenvalue weighted by atomic mass is 10.0. The topological polar surface area (TPSA) is 66.5 Å². The van der Waals surface area contributed by atoms with Gasteiger partial charge in [0.05, 0.1) is 11.9 Å². The number of nitrogens with one attached hydrogen (secondary N) is 1. The van der Waals surface area contributed by atoms with Gasteiger partial charge in [-0.15, -0.1) is 0 Å². The van der Waals surface area contributed by atoms with Crippen molar-refractivity contribution in [2.75, 3.05) is 23.7 Å². The number of sulfonamides is 1. The van der Waals surface area contributed by atoms with Crippen LogP contribution in [0.4, 0.5) is 5.69 Å². The molecule has 0 spiro atoms. The number of hydrogen-bond donors (Lipinski definition) is 1. The van der Waals surface area contributed by atoms with Crippen LogP contribution in [0.1, 0.15) is 50.2 Å². The van der Waals surface area contributed by atoms with Crippen molar-refractivity contribution in [1.82, 2.24) is 5.32 Å². The smallest absolute Gasteiger partial charge is 0.232 e. The van der Waals surface area contributed by atoms with Crippen LogP contribution in [0.15, 0.2) is 54.6 Å². The van der Waals surface area contributed by atoms with Crippen LogP contribution >= 0.6 is 0 Å². The molecule has 0 saturated carbocycles. The Bertz CT molecular complexity index is 863. The van der Waals surface area contributed by atoms with E-state index >= 15 is 0 Å². The van der Waals surface area contributed by atoms with Gasteiger partial charge >= 0.3 is 0 Å². The van der Waals surface area contributed by atoms with Gasteiger partial charge < -0.3 is 5.32 Å². The molecule has 1 N–H and O–H groups in total. The maximum atomic E-state index is 12.1. The van der Waals surface area contributed by atoms with Crippen molar-refractivity contribution >= 4 is 21.6 Å². The van der Waals surface area contributed by atoms with Crippen molar-refractivity contribution in [3.63, 3.8) is 0 Å². The molecule has 5 nitrogen and oxygen atoms in total. The Labute approximate surface area is 175 Å². The van der Waals surface area contributed by atoms with Crippen LogP contribution in [0.25, 0.3) is 0 Å². The lowest BCUT2D eigenvalue weighted by molar-refractivity contribution is -0.121. The molecule has 0 heterocycles. The van der Waals surface area contributed by atoms with Gasteiger partial charge in [-0.1, -0.05) is 56.3 Å². The van der Waals surface area contributed by atoms with Gasteiger partial charge in [0, 0.05) is 19.5 Å². The van der Waals surface area contributed by atoms with Gasteiger partial charge in [-0.05, 0) is 48.4 Å². The van der Waals surface area contributed by atoms with Gasteiger partial charge in [0.25, 0.3) is 0 Å².